The van der Waals surface area contributed by atoms with Crippen molar-refractivity contribution in [2.45, 2.75) is 65.0 Å². The SMILES string of the molecule is CCOC(=O)N1CCC(NC(=NC)NCC(C)(C)N2CCCC(C)C2)CC1.I. The first-order valence-electron chi connectivity index (χ1n) is 10.5. The van der Waals surface area contributed by atoms with Crippen molar-refractivity contribution in [1.29, 1.82) is 0 Å². The Balaban J connectivity index is 0.00000392. The Morgan fingerprint density at radius 1 is 1.21 bits per heavy atom. The standard InChI is InChI=1S/C20H39N5O2.HI/c1-6-27-19(26)24-12-9-17(10-13-24)23-18(21-5)22-15-20(3,4)25-11-7-8-16(2)14-25;/h16-17H,6-15H2,1-5H3,(H2,21,22,23);1H. The molecule has 0 saturated carbocycles. The van der Waals surface area contributed by atoms with E-state index in [2.05, 4.69) is 41.3 Å². The van der Waals surface area contributed by atoms with Gasteiger partial charge in [0.15, 0.2) is 5.96 Å². The van der Waals surface area contributed by atoms with Crippen molar-refractivity contribution in [2.75, 3.05) is 46.4 Å². The second-order valence-corrected chi connectivity index (χ2v) is 8.54. The maximum atomic E-state index is 11.8. The maximum Gasteiger partial charge on any atom is 0.409 e. The fourth-order valence-electron chi connectivity index (χ4n) is 3.96. The molecule has 0 spiro atoms. The molecule has 1 unspecified atom stereocenters. The van der Waals surface area contributed by atoms with E-state index in [1.54, 1.807) is 4.90 Å². The predicted octanol–water partition coefficient (Wildman–Crippen LogP) is 2.90. The average molecular weight is 509 g/mol. The molecule has 8 heteroatoms. The summed E-state index contributed by atoms with van der Waals surface area (Å²) < 4.78 is 5.09. The average Bonchev–Trinajstić information content (AvgIpc) is 2.66. The first kappa shape index (κ1) is 25.3. The molecule has 2 aliphatic heterocycles. The number of halogens is 1. The number of ether oxygens (including phenoxy) is 1. The Bertz CT molecular complexity index is 507. The molecule has 7 nitrogen and oxygen atoms in total. The van der Waals surface area contributed by atoms with Crippen LogP contribution in [0.15, 0.2) is 4.99 Å². The first-order valence-corrected chi connectivity index (χ1v) is 10.5. The minimum absolute atomic E-state index is 0. The number of carbonyl (C=O) groups excluding carboxylic acids is 1. The number of likely N-dealkylation sites (tertiary alicyclic amines) is 2. The van der Waals surface area contributed by atoms with Crippen LogP contribution in [0.3, 0.4) is 0 Å². The molecule has 1 atom stereocenters. The summed E-state index contributed by atoms with van der Waals surface area (Å²) in [7, 11) is 1.82. The van der Waals surface area contributed by atoms with Gasteiger partial charge in [0.2, 0.25) is 0 Å². The van der Waals surface area contributed by atoms with Gasteiger partial charge in [-0.15, -0.1) is 24.0 Å². The Kier molecular flexibility index (Phi) is 10.9. The van der Waals surface area contributed by atoms with Gasteiger partial charge in [-0.1, -0.05) is 6.92 Å². The molecule has 0 bridgehead atoms. The Labute approximate surface area is 188 Å². The van der Waals surface area contributed by atoms with Crippen LogP contribution in [-0.4, -0.2) is 79.8 Å². The Morgan fingerprint density at radius 3 is 2.46 bits per heavy atom. The molecule has 2 aliphatic rings. The van der Waals surface area contributed by atoms with E-state index in [0.717, 1.165) is 44.4 Å². The van der Waals surface area contributed by atoms with Gasteiger partial charge < -0.3 is 20.3 Å². The highest BCUT2D eigenvalue weighted by Gasteiger charge is 2.30. The second-order valence-electron chi connectivity index (χ2n) is 8.54. The lowest BCUT2D eigenvalue weighted by molar-refractivity contribution is 0.0738. The molecule has 0 aromatic heterocycles. The molecular weight excluding hydrogens is 469 g/mol. The van der Waals surface area contributed by atoms with Crippen molar-refractivity contribution < 1.29 is 9.53 Å². The van der Waals surface area contributed by atoms with Gasteiger partial charge in [-0.3, -0.25) is 9.89 Å². The van der Waals surface area contributed by atoms with Crippen molar-refractivity contribution >= 4 is 36.0 Å². The number of hydrogen-bond donors (Lipinski definition) is 2. The van der Waals surface area contributed by atoms with E-state index in [1.165, 1.54) is 25.9 Å². The van der Waals surface area contributed by atoms with Crippen molar-refractivity contribution in [2.24, 2.45) is 10.9 Å². The topological polar surface area (TPSA) is 69.2 Å². The molecule has 2 saturated heterocycles. The maximum absolute atomic E-state index is 11.8. The van der Waals surface area contributed by atoms with Gasteiger partial charge in [-0.25, -0.2) is 4.79 Å². The fourth-order valence-corrected chi connectivity index (χ4v) is 3.96. The van der Waals surface area contributed by atoms with E-state index < -0.39 is 0 Å². The largest absolute Gasteiger partial charge is 0.450 e. The van der Waals surface area contributed by atoms with E-state index >= 15 is 0 Å². The molecule has 2 N–H and O–H groups in total. The summed E-state index contributed by atoms with van der Waals surface area (Å²) in [6.45, 7) is 13.9. The minimum Gasteiger partial charge on any atom is -0.450 e. The zero-order valence-electron chi connectivity index (χ0n) is 18.3. The van der Waals surface area contributed by atoms with Crippen molar-refractivity contribution in [3.8, 4) is 0 Å². The van der Waals surface area contributed by atoms with Crippen molar-refractivity contribution in [1.82, 2.24) is 20.4 Å². The predicted molar refractivity (Wildman–Crippen MR) is 126 cm³/mol. The lowest BCUT2D eigenvalue weighted by Gasteiger charge is -2.43. The smallest absolute Gasteiger partial charge is 0.409 e. The molecule has 0 aromatic carbocycles. The molecule has 0 radical (unpaired) electrons. The van der Waals surface area contributed by atoms with Crippen LogP contribution in [0.2, 0.25) is 0 Å². The van der Waals surface area contributed by atoms with Crippen LogP contribution in [-0.2, 0) is 4.74 Å². The molecule has 1 amide bonds. The van der Waals surface area contributed by atoms with Crippen LogP contribution in [0.25, 0.3) is 0 Å². The number of piperidine rings is 2. The van der Waals surface area contributed by atoms with Crippen LogP contribution >= 0.6 is 24.0 Å². The van der Waals surface area contributed by atoms with Gasteiger partial charge in [-0.2, -0.15) is 0 Å². The number of guanidine groups is 1. The van der Waals surface area contributed by atoms with Crippen LogP contribution in [0.4, 0.5) is 4.79 Å². The van der Waals surface area contributed by atoms with E-state index in [9.17, 15) is 4.79 Å². The molecule has 28 heavy (non-hydrogen) atoms. The van der Waals surface area contributed by atoms with Crippen molar-refractivity contribution in [3.05, 3.63) is 0 Å². The molecular formula is C20H40IN5O2. The van der Waals surface area contributed by atoms with Gasteiger partial charge in [0.25, 0.3) is 0 Å². The summed E-state index contributed by atoms with van der Waals surface area (Å²) in [4.78, 5) is 20.6. The molecule has 2 fully saturated rings. The molecule has 0 aliphatic carbocycles. The van der Waals surface area contributed by atoms with E-state index in [1.807, 2.05) is 14.0 Å². The van der Waals surface area contributed by atoms with Crippen LogP contribution in [0, 0.1) is 5.92 Å². The summed E-state index contributed by atoms with van der Waals surface area (Å²) in [5, 5.41) is 7.04. The number of amides is 1. The van der Waals surface area contributed by atoms with E-state index in [-0.39, 0.29) is 35.6 Å². The van der Waals surface area contributed by atoms with Crippen LogP contribution in [0.5, 0.6) is 0 Å². The zero-order valence-corrected chi connectivity index (χ0v) is 20.6. The summed E-state index contributed by atoms with van der Waals surface area (Å²) in [5.41, 5.74) is 0.0968. The van der Waals surface area contributed by atoms with Crippen LogP contribution < -0.4 is 10.6 Å². The lowest BCUT2D eigenvalue weighted by Crippen LogP contribution is -2.57. The number of rotatable bonds is 5. The summed E-state index contributed by atoms with van der Waals surface area (Å²) in [5.74, 6) is 1.63. The van der Waals surface area contributed by atoms with Crippen molar-refractivity contribution in [3.63, 3.8) is 0 Å². The molecule has 2 rings (SSSR count). The first-order chi connectivity index (χ1) is 12.9. The quantitative estimate of drug-likeness (QED) is 0.339. The van der Waals surface area contributed by atoms with E-state index in [0.29, 0.717) is 12.6 Å². The van der Waals surface area contributed by atoms with Gasteiger partial charge >= 0.3 is 6.09 Å². The minimum atomic E-state index is -0.198. The normalized spacial score (nSPS) is 22.4. The van der Waals surface area contributed by atoms with E-state index in [4.69, 9.17) is 4.74 Å². The highest BCUT2D eigenvalue weighted by atomic mass is 127. The van der Waals surface area contributed by atoms with Gasteiger partial charge in [0.05, 0.1) is 6.61 Å². The third kappa shape index (κ3) is 7.57. The number of carbonyl (C=O) groups is 1. The third-order valence-electron chi connectivity index (χ3n) is 5.79. The number of nitrogens with one attached hydrogen (secondary N) is 2. The third-order valence-corrected chi connectivity index (χ3v) is 5.79. The highest BCUT2D eigenvalue weighted by molar-refractivity contribution is 14.0. The van der Waals surface area contributed by atoms with Gasteiger partial charge in [0.1, 0.15) is 0 Å². The van der Waals surface area contributed by atoms with Gasteiger partial charge in [-0.05, 0) is 58.9 Å². The summed E-state index contributed by atoms with van der Waals surface area (Å²) in [6, 6.07) is 0.333. The summed E-state index contributed by atoms with van der Waals surface area (Å²) in [6.07, 6.45) is 4.25. The number of nitrogens with zero attached hydrogens (tertiary/aromatic N) is 3. The fraction of sp³-hybridized carbons (Fsp3) is 0.900. The number of hydrogen-bond acceptors (Lipinski definition) is 4. The zero-order chi connectivity index (χ0) is 19.9. The Hall–Kier alpha value is -0.770. The number of aliphatic imine (C=N–C) groups is 1. The molecule has 0 aromatic rings. The Morgan fingerprint density at radius 2 is 1.89 bits per heavy atom. The van der Waals surface area contributed by atoms with Crippen LogP contribution in [0.1, 0.15) is 53.4 Å². The van der Waals surface area contributed by atoms with Gasteiger partial charge in [0, 0.05) is 44.8 Å². The molecule has 164 valence electrons. The molecule has 2 heterocycles. The lowest BCUT2D eigenvalue weighted by atomic mass is 9.93. The monoisotopic (exact) mass is 509 g/mol. The summed E-state index contributed by atoms with van der Waals surface area (Å²) >= 11 is 0. The second kappa shape index (κ2) is 12.0. The highest BCUT2D eigenvalue weighted by Crippen LogP contribution is 2.23.